The lowest BCUT2D eigenvalue weighted by molar-refractivity contribution is -0.113. The van der Waals surface area contributed by atoms with Crippen LogP contribution in [0.1, 0.15) is 30.1 Å². The van der Waals surface area contributed by atoms with Gasteiger partial charge in [0.2, 0.25) is 5.91 Å². The molecule has 0 bridgehead atoms. The highest BCUT2D eigenvalue weighted by Gasteiger charge is 2.30. The Kier molecular flexibility index (Phi) is 5.41. The van der Waals surface area contributed by atoms with E-state index < -0.39 is 0 Å². The summed E-state index contributed by atoms with van der Waals surface area (Å²) in [6, 6.07) is 13.7. The van der Waals surface area contributed by atoms with E-state index in [2.05, 4.69) is 58.1 Å². The van der Waals surface area contributed by atoms with Gasteiger partial charge in [-0.15, -0.1) is 10.2 Å². The number of hydrogen-bond donors (Lipinski definition) is 3. The molecule has 10 heteroatoms. The summed E-state index contributed by atoms with van der Waals surface area (Å²) in [5.74, 6) is 1.50. The van der Waals surface area contributed by atoms with Crippen LogP contribution >= 0.6 is 27.7 Å². The van der Waals surface area contributed by atoms with E-state index in [1.807, 2.05) is 18.2 Å². The number of amides is 1. The van der Waals surface area contributed by atoms with Gasteiger partial charge in [0.05, 0.1) is 29.0 Å². The van der Waals surface area contributed by atoms with E-state index in [4.69, 9.17) is 0 Å². The van der Waals surface area contributed by atoms with E-state index in [1.165, 1.54) is 17.3 Å². The molecule has 4 aromatic rings. The molecule has 2 heterocycles. The maximum atomic E-state index is 12.6. The van der Waals surface area contributed by atoms with Crippen molar-refractivity contribution < 1.29 is 4.79 Å². The molecule has 31 heavy (non-hydrogen) atoms. The van der Waals surface area contributed by atoms with Crippen molar-refractivity contribution in [1.82, 2.24) is 24.7 Å². The van der Waals surface area contributed by atoms with Crippen LogP contribution in [0.3, 0.4) is 0 Å². The lowest BCUT2D eigenvalue weighted by atomic mass is 10.2. The molecule has 0 atom stereocenters. The number of carbonyl (C=O) groups is 1. The van der Waals surface area contributed by atoms with Crippen LogP contribution in [0.15, 0.2) is 56.9 Å². The summed E-state index contributed by atoms with van der Waals surface area (Å²) in [6.45, 7) is 0.687. The first-order valence-corrected chi connectivity index (χ1v) is 11.7. The second-order valence-corrected chi connectivity index (χ2v) is 9.28. The lowest BCUT2D eigenvalue weighted by Gasteiger charge is -2.11. The molecule has 8 nitrogen and oxygen atoms in total. The van der Waals surface area contributed by atoms with Gasteiger partial charge in [-0.1, -0.05) is 42.1 Å². The second-order valence-electron chi connectivity index (χ2n) is 7.48. The number of hydrogen-bond acceptors (Lipinski definition) is 5. The first-order valence-electron chi connectivity index (χ1n) is 9.88. The van der Waals surface area contributed by atoms with Gasteiger partial charge in [0.15, 0.2) is 5.16 Å². The molecule has 0 unspecified atom stereocenters. The van der Waals surface area contributed by atoms with Crippen LogP contribution < -0.4 is 11.0 Å². The molecule has 3 N–H and O–H groups in total. The molecular formula is C21H19BrN6O2S. The van der Waals surface area contributed by atoms with Crippen LogP contribution in [0.2, 0.25) is 0 Å². The number of nitrogens with one attached hydrogen (secondary N) is 3. The molecule has 0 saturated heterocycles. The van der Waals surface area contributed by atoms with Crippen molar-refractivity contribution in [2.45, 2.75) is 30.5 Å². The van der Waals surface area contributed by atoms with E-state index in [0.717, 1.165) is 23.8 Å². The van der Waals surface area contributed by atoms with E-state index in [-0.39, 0.29) is 17.3 Å². The Labute approximate surface area is 190 Å². The van der Waals surface area contributed by atoms with Crippen LogP contribution in [0.4, 0.5) is 5.69 Å². The van der Waals surface area contributed by atoms with Crippen LogP contribution in [0.25, 0.3) is 11.0 Å². The number of imidazole rings is 1. The van der Waals surface area contributed by atoms with Crippen LogP contribution in [-0.4, -0.2) is 36.4 Å². The third-order valence-corrected chi connectivity index (χ3v) is 6.70. The summed E-state index contributed by atoms with van der Waals surface area (Å²) < 4.78 is 2.81. The molecule has 2 aromatic carbocycles. The topological polar surface area (TPSA) is 108 Å². The summed E-state index contributed by atoms with van der Waals surface area (Å²) in [5, 5.41) is 12.4. The molecule has 1 aliphatic rings. The number of anilines is 1. The molecular weight excluding hydrogens is 480 g/mol. The Bertz CT molecular complexity index is 1310. The molecule has 0 radical (unpaired) electrons. The minimum atomic E-state index is -0.287. The monoisotopic (exact) mass is 498 g/mol. The summed E-state index contributed by atoms with van der Waals surface area (Å²) in [4.78, 5) is 29.5. The highest BCUT2D eigenvalue weighted by Crippen LogP contribution is 2.40. The number of H-pyrrole nitrogens is 2. The standard InChI is InChI=1S/C21H19BrN6O2S/c22-14-8-16-17(25-20(30)24-16)9-15(14)23-18(29)11-31-21-27-26-19(13-6-7-13)28(21)10-12-4-2-1-3-5-12/h1-5,8-9,13H,6-7,10-11H2,(H,23,29)(H2,24,25,30). The van der Waals surface area contributed by atoms with E-state index in [0.29, 0.717) is 33.7 Å². The fraction of sp³-hybridized carbons (Fsp3) is 0.238. The number of thioether (sulfide) groups is 1. The molecule has 0 spiro atoms. The number of fused-ring (bicyclic) bond motifs is 1. The quantitative estimate of drug-likeness (QED) is 0.335. The van der Waals surface area contributed by atoms with Gasteiger partial charge in [-0.05, 0) is 46.5 Å². The minimum absolute atomic E-state index is 0.162. The van der Waals surface area contributed by atoms with E-state index >= 15 is 0 Å². The summed E-state index contributed by atoms with van der Waals surface area (Å²) in [5.41, 5.74) is 2.79. The van der Waals surface area contributed by atoms with Crippen molar-refractivity contribution >= 4 is 50.3 Å². The van der Waals surface area contributed by atoms with Gasteiger partial charge in [-0.3, -0.25) is 4.79 Å². The van der Waals surface area contributed by atoms with Gasteiger partial charge in [0.25, 0.3) is 0 Å². The summed E-state index contributed by atoms with van der Waals surface area (Å²) >= 11 is 4.81. The number of halogens is 1. The Hall–Kier alpha value is -2.85. The second kappa shape index (κ2) is 8.35. The molecule has 2 aromatic heterocycles. The van der Waals surface area contributed by atoms with Gasteiger partial charge >= 0.3 is 5.69 Å². The predicted octanol–water partition coefficient (Wildman–Crippen LogP) is 3.87. The van der Waals surface area contributed by atoms with Crippen molar-refractivity contribution in [2.75, 3.05) is 11.1 Å². The van der Waals surface area contributed by atoms with Gasteiger partial charge in [-0.25, -0.2) is 4.79 Å². The van der Waals surface area contributed by atoms with Crippen LogP contribution in [-0.2, 0) is 11.3 Å². The third-order valence-electron chi connectivity index (χ3n) is 5.08. The average Bonchev–Trinajstić information content (AvgIpc) is 3.42. The normalized spacial score (nSPS) is 13.6. The Balaban J connectivity index is 1.30. The van der Waals surface area contributed by atoms with E-state index in [1.54, 1.807) is 12.1 Å². The Morgan fingerprint density at radius 1 is 1.16 bits per heavy atom. The molecule has 1 amide bonds. The largest absolute Gasteiger partial charge is 0.324 e. The Morgan fingerprint density at radius 3 is 2.65 bits per heavy atom. The lowest BCUT2D eigenvalue weighted by Crippen LogP contribution is -2.15. The Morgan fingerprint density at radius 2 is 1.90 bits per heavy atom. The first kappa shape index (κ1) is 20.1. The zero-order valence-electron chi connectivity index (χ0n) is 16.4. The maximum Gasteiger partial charge on any atom is 0.323 e. The van der Waals surface area contributed by atoms with Crippen molar-refractivity contribution in [3.63, 3.8) is 0 Å². The van der Waals surface area contributed by atoms with Gasteiger partial charge in [0.1, 0.15) is 5.82 Å². The summed E-state index contributed by atoms with van der Waals surface area (Å²) in [7, 11) is 0. The zero-order valence-corrected chi connectivity index (χ0v) is 18.8. The number of rotatable bonds is 7. The molecule has 1 fully saturated rings. The van der Waals surface area contributed by atoms with Gasteiger partial charge < -0.3 is 19.9 Å². The van der Waals surface area contributed by atoms with Crippen molar-refractivity contribution in [1.29, 1.82) is 0 Å². The molecule has 1 saturated carbocycles. The predicted molar refractivity (Wildman–Crippen MR) is 124 cm³/mol. The fourth-order valence-electron chi connectivity index (χ4n) is 3.43. The maximum absolute atomic E-state index is 12.6. The molecule has 5 rings (SSSR count). The van der Waals surface area contributed by atoms with Crippen LogP contribution in [0, 0.1) is 0 Å². The van der Waals surface area contributed by atoms with Gasteiger partial charge in [-0.2, -0.15) is 0 Å². The van der Waals surface area contributed by atoms with Crippen molar-refractivity contribution in [2.24, 2.45) is 0 Å². The van der Waals surface area contributed by atoms with Crippen LogP contribution in [0.5, 0.6) is 0 Å². The summed E-state index contributed by atoms with van der Waals surface area (Å²) in [6.07, 6.45) is 2.27. The third kappa shape index (κ3) is 4.45. The molecule has 0 aliphatic heterocycles. The fourth-order valence-corrected chi connectivity index (χ4v) is 4.62. The van der Waals surface area contributed by atoms with E-state index in [9.17, 15) is 9.59 Å². The van der Waals surface area contributed by atoms with Gasteiger partial charge in [0, 0.05) is 10.4 Å². The number of benzene rings is 2. The average molecular weight is 499 g/mol. The highest BCUT2D eigenvalue weighted by atomic mass is 79.9. The highest BCUT2D eigenvalue weighted by molar-refractivity contribution is 9.10. The number of aromatic amines is 2. The number of aromatic nitrogens is 5. The minimum Gasteiger partial charge on any atom is -0.324 e. The zero-order chi connectivity index (χ0) is 21.4. The molecule has 1 aliphatic carbocycles. The van der Waals surface area contributed by atoms with Crippen molar-refractivity contribution in [3.05, 3.63) is 68.8 Å². The first-order chi connectivity index (χ1) is 15.1. The SMILES string of the molecule is O=C(CSc1nnc(C2CC2)n1Cc1ccccc1)Nc1cc2[nH]c(=O)[nH]c2cc1Br. The smallest absolute Gasteiger partial charge is 0.323 e. The molecule has 158 valence electrons. The number of carbonyl (C=O) groups excluding carboxylic acids is 1. The number of nitrogens with zero attached hydrogens (tertiary/aromatic N) is 3. The van der Waals surface area contributed by atoms with Crippen molar-refractivity contribution in [3.8, 4) is 0 Å².